The van der Waals surface area contributed by atoms with Gasteiger partial charge in [-0.15, -0.1) is 5.10 Å². The summed E-state index contributed by atoms with van der Waals surface area (Å²) < 4.78 is 22.1. The molecule has 1 aliphatic heterocycles. The molecule has 0 radical (unpaired) electrons. The Kier molecular flexibility index (Phi) is 6.27. The van der Waals surface area contributed by atoms with E-state index in [9.17, 15) is 10.1 Å². The van der Waals surface area contributed by atoms with Crippen LogP contribution >= 0.6 is 0 Å². The molecule has 0 fully saturated rings. The van der Waals surface area contributed by atoms with E-state index >= 15 is 0 Å². The number of aromatic nitrogens is 2. The Morgan fingerprint density at radius 3 is 2.62 bits per heavy atom. The number of aromatic amines is 1. The number of carbonyl (C=O) groups is 1. The molecule has 1 atom stereocenters. The highest BCUT2D eigenvalue weighted by atomic mass is 16.5. The van der Waals surface area contributed by atoms with Crippen molar-refractivity contribution in [1.82, 2.24) is 10.2 Å². The number of amides is 1. The molecule has 0 aliphatic carbocycles. The molecule has 2 aromatic carbocycles. The maximum absolute atomic E-state index is 11.1. The largest absolute Gasteiger partial charge is 0.494 e. The van der Waals surface area contributed by atoms with Gasteiger partial charge < -0.3 is 30.4 Å². The molecule has 2 heterocycles. The molecule has 10 nitrogen and oxygen atoms in total. The molecule has 0 bridgehead atoms. The fraction of sp³-hybridized carbons (Fsp3) is 0.208. The third kappa shape index (κ3) is 4.19. The Morgan fingerprint density at radius 1 is 1.21 bits per heavy atom. The van der Waals surface area contributed by atoms with Crippen molar-refractivity contribution in [3.05, 3.63) is 65.0 Å². The van der Waals surface area contributed by atoms with E-state index in [0.29, 0.717) is 34.9 Å². The second kappa shape index (κ2) is 9.46. The summed E-state index contributed by atoms with van der Waals surface area (Å²) in [5.74, 6) is 0.497. The molecule has 4 rings (SSSR count). The van der Waals surface area contributed by atoms with Crippen molar-refractivity contribution in [2.45, 2.75) is 12.8 Å². The van der Waals surface area contributed by atoms with E-state index in [0.717, 1.165) is 11.3 Å². The van der Waals surface area contributed by atoms with Crippen LogP contribution in [-0.4, -0.2) is 36.4 Å². The highest BCUT2D eigenvalue weighted by molar-refractivity contribution is 5.75. The summed E-state index contributed by atoms with van der Waals surface area (Å²) in [5, 5.41) is 17.2. The van der Waals surface area contributed by atoms with Gasteiger partial charge in [0.25, 0.3) is 5.91 Å². The molecule has 0 unspecified atom stereocenters. The first-order valence-electron chi connectivity index (χ1n) is 10.4. The van der Waals surface area contributed by atoms with E-state index in [1.807, 2.05) is 31.2 Å². The highest BCUT2D eigenvalue weighted by Gasteiger charge is 2.36. The van der Waals surface area contributed by atoms with Crippen LogP contribution in [0.4, 0.5) is 0 Å². The number of hydrogen-bond acceptors (Lipinski definition) is 8. The minimum atomic E-state index is -0.610. The van der Waals surface area contributed by atoms with Crippen LogP contribution in [-0.2, 0) is 4.79 Å². The third-order valence-electron chi connectivity index (χ3n) is 5.28. The molecule has 0 spiro atoms. The lowest BCUT2D eigenvalue weighted by Gasteiger charge is -2.25. The zero-order chi connectivity index (χ0) is 24.2. The number of fused-ring (bicyclic) bond motifs is 1. The topological polar surface area (TPSA) is 158 Å². The molecule has 0 saturated heterocycles. The van der Waals surface area contributed by atoms with Gasteiger partial charge in [-0.3, -0.25) is 9.89 Å². The van der Waals surface area contributed by atoms with Gasteiger partial charge >= 0.3 is 0 Å². The number of methoxy groups -OCH3 is 1. The number of rotatable bonds is 8. The van der Waals surface area contributed by atoms with Gasteiger partial charge in [-0.05, 0) is 48.9 Å². The number of allylic oxidation sites excluding steroid dienone is 1. The predicted octanol–water partition coefficient (Wildman–Crippen LogP) is 2.57. The fourth-order valence-electron chi connectivity index (χ4n) is 3.81. The molecule has 1 aromatic heterocycles. The van der Waals surface area contributed by atoms with Gasteiger partial charge in [-0.2, -0.15) is 5.26 Å². The fourth-order valence-corrected chi connectivity index (χ4v) is 3.81. The molecule has 3 aromatic rings. The van der Waals surface area contributed by atoms with Gasteiger partial charge in [0.2, 0.25) is 11.8 Å². The zero-order valence-electron chi connectivity index (χ0n) is 18.6. The van der Waals surface area contributed by atoms with Gasteiger partial charge in [-0.25, -0.2) is 0 Å². The lowest BCUT2D eigenvalue weighted by Crippen LogP contribution is -2.21. The predicted molar refractivity (Wildman–Crippen MR) is 122 cm³/mol. The minimum absolute atomic E-state index is 0.0298. The average molecular weight is 461 g/mol. The number of nitrogens with zero attached hydrogens (tertiary/aromatic N) is 2. The van der Waals surface area contributed by atoms with Crippen molar-refractivity contribution in [3.8, 4) is 40.5 Å². The van der Waals surface area contributed by atoms with E-state index in [1.54, 1.807) is 18.2 Å². The number of primary amides is 1. The van der Waals surface area contributed by atoms with Gasteiger partial charge in [-0.1, -0.05) is 6.07 Å². The number of carbonyl (C=O) groups excluding carboxylic acids is 1. The van der Waals surface area contributed by atoms with Crippen LogP contribution < -0.4 is 30.4 Å². The van der Waals surface area contributed by atoms with Crippen molar-refractivity contribution in [1.29, 1.82) is 5.26 Å². The van der Waals surface area contributed by atoms with E-state index in [4.69, 9.17) is 30.4 Å². The van der Waals surface area contributed by atoms with Crippen molar-refractivity contribution in [2.24, 2.45) is 11.5 Å². The van der Waals surface area contributed by atoms with E-state index < -0.39 is 11.8 Å². The molecule has 10 heteroatoms. The van der Waals surface area contributed by atoms with Crippen molar-refractivity contribution < 1.29 is 23.7 Å². The number of nitrogens with one attached hydrogen (secondary N) is 1. The van der Waals surface area contributed by atoms with Gasteiger partial charge in [0.1, 0.15) is 17.4 Å². The Labute approximate surface area is 195 Å². The smallest absolute Gasteiger partial charge is 0.255 e. The summed E-state index contributed by atoms with van der Waals surface area (Å²) in [4.78, 5) is 11.1. The molecule has 174 valence electrons. The van der Waals surface area contributed by atoms with Gasteiger partial charge in [0, 0.05) is 5.56 Å². The monoisotopic (exact) mass is 461 g/mol. The number of nitrogens with two attached hydrogens (primary N) is 2. The van der Waals surface area contributed by atoms with Crippen molar-refractivity contribution in [3.63, 3.8) is 0 Å². The van der Waals surface area contributed by atoms with Crippen LogP contribution in [0.25, 0.3) is 11.3 Å². The van der Waals surface area contributed by atoms with Gasteiger partial charge in [0.15, 0.2) is 18.1 Å². The summed E-state index contributed by atoms with van der Waals surface area (Å²) in [6.45, 7) is 2.18. The second-order valence-electron chi connectivity index (χ2n) is 7.36. The molecular weight excluding hydrogens is 438 g/mol. The molecular formula is C24H23N5O5. The van der Waals surface area contributed by atoms with Crippen LogP contribution in [0.1, 0.15) is 24.0 Å². The second-order valence-corrected chi connectivity index (χ2v) is 7.36. The molecule has 0 saturated carbocycles. The van der Waals surface area contributed by atoms with Crippen LogP contribution in [0.3, 0.4) is 0 Å². The highest BCUT2D eigenvalue weighted by Crippen LogP contribution is 2.47. The van der Waals surface area contributed by atoms with Gasteiger partial charge in [0.05, 0.1) is 30.9 Å². The summed E-state index contributed by atoms with van der Waals surface area (Å²) in [6, 6.07) is 14.8. The zero-order valence-corrected chi connectivity index (χ0v) is 18.6. The first-order valence-corrected chi connectivity index (χ1v) is 10.4. The first kappa shape index (κ1) is 22.5. The lowest BCUT2D eigenvalue weighted by atomic mass is 9.83. The Hall–Kier alpha value is -4.65. The van der Waals surface area contributed by atoms with Crippen LogP contribution in [0.15, 0.2) is 53.9 Å². The van der Waals surface area contributed by atoms with E-state index in [1.165, 1.54) is 7.11 Å². The maximum atomic E-state index is 11.1. The standard InChI is InChI=1S/C24H23N5O5/c1-3-32-15-7-4-13(5-8-15)22-21-20(16(11-25)23(27)34-24(21)29-28-22)14-6-9-17(18(10-14)31-2)33-12-19(26)30/h4-10,20H,3,12,27H2,1-2H3,(H2,26,30)(H,28,29)/t20-/m1/s1. The summed E-state index contributed by atoms with van der Waals surface area (Å²) >= 11 is 0. The molecule has 1 amide bonds. The number of H-pyrrole nitrogens is 1. The first-order chi connectivity index (χ1) is 16.5. The normalized spacial score (nSPS) is 14.6. The SMILES string of the molecule is CCOc1ccc(-c2[nH]nc3c2[C@H](c2ccc(OCC(N)=O)c(OC)c2)C(C#N)=C(N)O3)cc1. The van der Waals surface area contributed by atoms with Crippen molar-refractivity contribution >= 4 is 5.91 Å². The lowest BCUT2D eigenvalue weighted by molar-refractivity contribution is -0.119. The van der Waals surface area contributed by atoms with Crippen LogP contribution in [0.2, 0.25) is 0 Å². The Bertz CT molecular complexity index is 1290. The molecule has 34 heavy (non-hydrogen) atoms. The number of hydrogen-bond donors (Lipinski definition) is 3. The quantitative estimate of drug-likeness (QED) is 0.462. The van der Waals surface area contributed by atoms with Crippen molar-refractivity contribution in [2.75, 3.05) is 20.3 Å². The third-order valence-corrected chi connectivity index (χ3v) is 5.28. The molecule has 1 aliphatic rings. The average Bonchev–Trinajstić information content (AvgIpc) is 3.25. The Balaban J connectivity index is 1.81. The van der Waals surface area contributed by atoms with E-state index in [2.05, 4.69) is 16.3 Å². The number of ether oxygens (including phenoxy) is 4. The Morgan fingerprint density at radius 2 is 1.97 bits per heavy atom. The van der Waals surface area contributed by atoms with Crippen LogP contribution in [0.5, 0.6) is 23.1 Å². The summed E-state index contributed by atoms with van der Waals surface area (Å²) in [5.41, 5.74) is 14.3. The number of benzene rings is 2. The summed E-state index contributed by atoms with van der Waals surface area (Å²) in [7, 11) is 1.48. The van der Waals surface area contributed by atoms with Crippen LogP contribution in [0, 0.1) is 11.3 Å². The summed E-state index contributed by atoms with van der Waals surface area (Å²) in [6.07, 6.45) is 0. The minimum Gasteiger partial charge on any atom is -0.494 e. The van der Waals surface area contributed by atoms with E-state index in [-0.39, 0.29) is 23.9 Å². The number of nitriles is 1. The maximum Gasteiger partial charge on any atom is 0.255 e. The molecule has 5 N–H and O–H groups in total.